The van der Waals surface area contributed by atoms with Crippen molar-refractivity contribution in [3.8, 4) is 11.3 Å². The molecule has 2 aromatic heterocycles. The number of aromatic nitrogens is 3. The molecule has 3 aliphatic carbocycles. The quantitative estimate of drug-likeness (QED) is 0.545. The second-order valence-corrected chi connectivity index (χ2v) is 12.8. The Morgan fingerprint density at radius 1 is 0.811 bits per heavy atom. The maximum atomic E-state index is 14.1. The second kappa shape index (κ2) is 8.39. The van der Waals surface area contributed by atoms with Crippen molar-refractivity contribution in [1.29, 1.82) is 0 Å². The lowest BCUT2D eigenvalue weighted by Gasteiger charge is -2.54. The van der Waals surface area contributed by atoms with Crippen molar-refractivity contribution in [2.45, 2.75) is 88.4 Å². The third-order valence-corrected chi connectivity index (χ3v) is 10.9. The SMILES string of the molecule is O=c1cc(-c2nc3ccccc3n(C3C[C@H]4CCC[C@@H](C3)N4[C@@H]3C[C@@H]4CC5[C@@H](C4)C[C@H]5C3)c2=O)cc[nH]1. The van der Waals surface area contributed by atoms with Gasteiger partial charge in [0.15, 0.2) is 0 Å². The van der Waals surface area contributed by atoms with Gasteiger partial charge >= 0.3 is 0 Å². The molecule has 2 saturated heterocycles. The van der Waals surface area contributed by atoms with Gasteiger partial charge in [-0.15, -0.1) is 0 Å². The Labute approximate surface area is 217 Å². The van der Waals surface area contributed by atoms with E-state index in [0.29, 0.717) is 23.3 Å². The highest BCUT2D eigenvalue weighted by Gasteiger charge is 2.53. The van der Waals surface area contributed by atoms with E-state index < -0.39 is 0 Å². The maximum absolute atomic E-state index is 14.1. The van der Waals surface area contributed by atoms with Crippen molar-refractivity contribution in [2.24, 2.45) is 23.7 Å². The molecule has 8 atom stereocenters. The largest absolute Gasteiger partial charge is 0.329 e. The molecule has 1 N–H and O–H groups in total. The lowest BCUT2D eigenvalue weighted by atomic mass is 9.64. The molecule has 5 fully saturated rings. The predicted molar refractivity (Wildman–Crippen MR) is 144 cm³/mol. The third-order valence-electron chi connectivity index (χ3n) is 10.9. The van der Waals surface area contributed by atoms with Crippen molar-refractivity contribution in [3.63, 3.8) is 0 Å². The molecule has 0 radical (unpaired) electrons. The number of para-hydroxylation sites is 2. The molecule has 0 spiro atoms. The van der Waals surface area contributed by atoms with Gasteiger partial charge in [0.05, 0.1) is 11.0 Å². The molecule has 37 heavy (non-hydrogen) atoms. The van der Waals surface area contributed by atoms with Gasteiger partial charge in [-0.1, -0.05) is 18.6 Å². The van der Waals surface area contributed by atoms with Crippen LogP contribution in [-0.2, 0) is 0 Å². The molecular weight excluding hydrogens is 460 g/mol. The van der Waals surface area contributed by atoms with Crippen LogP contribution >= 0.6 is 0 Å². The zero-order chi connectivity index (χ0) is 24.7. The van der Waals surface area contributed by atoms with E-state index >= 15 is 0 Å². The van der Waals surface area contributed by atoms with Crippen LogP contribution in [0.4, 0.5) is 0 Å². The summed E-state index contributed by atoms with van der Waals surface area (Å²) in [6.45, 7) is 0. The number of nitrogens with one attached hydrogen (secondary N) is 1. The van der Waals surface area contributed by atoms with Gasteiger partial charge in [0, 0.05) is 42.0 Å². The Balaban J connectivity index is 1.17. The van der Waals surface area contributed by atoms with E-state index in [1.54, 1.807) is 12.3 Å². The summed E-state index contributed by atoms with van der Waals surface area (Å²) in [5.41, 5.74) is 2.45. The van der Waals surface area contributed by atoms with Crippen LogP contribution in [0, 0.1) is 23.7 Å². The van der Waals surface area contributed by atoms with Gasteiger partial charge in [-0.2, -0.15) is 0 Å². The van der Waals surface area contributed by atoms with Crippen molar-refractivity contribution in [1.82, 2.24) is 19.4 Å². The molecule has 8 rings (SSSR count). The minimum atomic E-state index is -0.212. The standard InChI is InChI=1S/C31H36N4O2/c36-29-15-19(8-9-32-29)30-31(37)35(28-7-2-1-6-27(28)33-30)25-16-22-4-3-5-23(17-25)34(22)24-11-18-10-20-13-21(14-24)26(20)12-18/h1-2,6-9,15,18,20-26H,3-5,10-14,16-17H2,(H,32,36)/t18-,20+,21+,22-,23+,24-,25?,26?/m1/s1. The number of piperidine rings is 2. The van der Waals surface area contributed by atoms with E-state index in [4.69, 9.17) is 4.98 Å². The second-order valence-electron chi connectivity index (χ2n) is 12.8. The minimum Gasteiger partial charge on any atom is -0.329 e. The zero-order valence-corrected chi connectivity index (χ0v) is 21.4. The van der Waals surface area contributed by atoms with Gasteiger partial charge < -0.3 is 9.55 Å². The van der Waals surface area contributed by atoms with E-state index in [9.17, 15) is 9.59 Å². The van der Waals surface area contributed by atoms with Gasteiger partial charge in [-0.3, -0.25) is 14.5 Å². The van der Waals surface area contributed by atoms with Gasteiger partial charge in [-0.05, 0) is 99.7 Å². The third kappa shape index (κ3) is 3.51. The summed E-state index contributed by atoms with van der Waals surface area (Å²) in [7, 11) is 0. The molecular formula is C31H36N4O2. The van der Waals surface area contributed by atoms with Crippen LogP contribution in [0.2, 0.25) is 0 Å². The number of nitrogens with zero attached hydrogens (tertiary/aromatic N) is 3. The average Bonchev–Trinajstić information content (AvgIpc) is 3.11. The van der Waals surface area contributed by atoms with Crippen LogP contribution < -0.4 is 11.1 Å². The smallest absolute Gasteiger partial charge is 0.277 e. The van der Waals surface area contributed by atoms with E-state index in [1.807, 2.05) is 28.8 Å². The van der Waals surface area contributed by atoms with Gasteiger partial charge in [0.1, 0.15) is 5.69 Å². The van der Waals surface area contributed by atoms with Crippen LogP contribution in [0.5, 0.6) is 0 Å². The summed E-state index contributed by atoms with van der Waals surface area (Å²) in [5, 5.41) is 0. The number of rotatable bonds is 3. The van der Waals surface area contributed by atoms with Crippen LogP contribution in [0.3, 0.4) is 0 Å². The number of hydrogen-bond donors (Lipinski definition) is 1. The molecule has 2 unspecified atom stereocenters. The lowest BCUT2D eigenvalue weighted by Crippen LogP contribution is -2.58. The van der Waals surface area contributed by atoms with Crippen molar-refractivity contribution < 1.29 is 0 Å². The molecule has 6 nitrogen and oxygen atoms in total. The first-order valence-electron chi connectivity index (χ1n) is 14.6. The maximum Gasteiger partial charge on any atom is 0.277 e. The molecule has 3 saturated carbocycles. The van der Waals surface area contributed by atoms with Crippen molar-refractivity contribution in [2.75, 3.05) is 0 Å². The number of fused-ring (bicyclic) bond motifs is 4. The highest BCUT2D eigenvalue weighted by molar-refractivity contribution is 5.78. The first-order chi connectivity index (χ1) is 18.1. The number of pyridine rings is 1. The molecule has 0 amide bonds. The number of hydrogen-bond acceptors (Lipinski definition) is 4. The molecule has 4 bridgehead atoms. The van der Waals surface area contributed by atoms with E-state index in [1.165, 1.54) is 57.4 Å². The highest BCUT2D eigenvalue weighted by atomic mass is 16.1. The molecule has 192 valence electrons. The summed E-state index contributed by atoms with van der Waals surface area (Å²) < 4.78 is 2.05. The van der Waals surface area contributed by atoms with Gasteiger partial charge in [0.25, 0.3) is 5.56 Å². The minimum absolute atomic E-state index is 0.0619. The summed E-state index contributed by atoms with van der Waals surface area (Å²) >= 11 is 0. The molecule has 5 aliphatic rings. The molecule has 2 aliphatic heterocycles. The van der Waals surface area contributed by atoms with E-state index in [2.05, 4.69) is 9.88 Å². The fourth-order valence-electron chi connectivity index (χ4n) is 9.52. The Morgan fingerprint density at radius 2 is 1.62 bits per heavy atom. The Bertz CT molecular complexity index is 1460. The molecule has 4 heterocycles. The Kier molecular flexibility index (Phi) is 5.05. The Hall–Kier alpha value is -2.73. The van der Waals surface area contributed by atoms with Crippen LogP contribution in [0.15, 0.2) is 52.2 Å². The average molecular weight is 497 g/mol. The van der Waals surface area contributed by atoms with E-state index in [0.717, 1.165) is 53.6 Å². The lowest BCUT2D eigenvalue weighted by molar-refractivity contribution is -0.0437. The molecule has 6 heteroatoms. The first kappa shape index (κ1) is 22.3. The Morgan fingerprint density at radius 3 is 2.46 bits per heavy atom. The van der Waals surface area contributed by atoms with Crippen molar-refractivity contribution in [3.05, 3.63) is 63.3 Å². The molecule has 1 aromatic carbocycles. The fraction of sp³-hybridized carbons (Fsp3) is 0.581. The van der Waals surface area contributed by atoms with Crippen LogP contribution in [0.1, 0.15) is 70.3 Å². The van der Waals surface area contributed by atoms with Gasteiger partial charge in [-0.25, -0.2) is 4.98 Å². The van der Waals surface area contributed by atoms with Crippen LogP contribution in [0.25, 0.3) is 22.3 Å². The number of H-pyrrole nitrogens is 1. The summed E-state index contributed by atoms with van der Waals surface area (Å²) in [4.78, 5) is 36.5. The normalized spacial score (nSPS) is 36.8. The topological polar surface area (TPSA) is 71.0 Å². The molecule has 3 aromatic rings. The summed E-state index contributed by atoms with van der Waals surface area (Å²) in [6, 6.07) is 13.3. The summed E-state index contributed by atoms with van der Waals surface area (Å²) in [5.74, 6) is 4.03. The van der Waals surface area contributed by atoms with Gasteiger partial charge in [0.2, 0.25) is 5.56 Å². The zero-order valence-electron chi connectivity index (χ0n) is 21.4. The number of benzene rings is 1. The van der Waals surface area contributed by atoms with Crippen molar-refractivity contribution >= 4 is 11.0 Å². The van der Waals surface area contributed by atoms with Crippen LogP contribution in [-0.4, -0.2) is 37.6 Å². The monoisotopic (exact) mass is 496 g/mol. The highest BCUT2D eigenvalue weighted by Crippen LogP contribution is 2.59. The summed E-state index contributed by atoms with van der Waals surface area (Å²) in [6.07, 6.45) is 14.8. The predicted octanol–water partition coefficient (Wildman–Crippen LogP) is 5.13. The number of aromatic amines is 1. The fourth-order valence-corrected chi connectivity index (χ4v) is 9.52. The first-order valence-corrected chi connectivity index (χ1v) is 14.6. The van der Waals surface area contributed by atoms with E-state index in [-0.39, 0.29) is 17.2 Å².